The largest absolute Gasteiger partial charge is 0.467 e. The molecule has 0 spiro atoms. The molecule has 0 aliphatic rings. The highest BCUT2D eigenvalue weighted by Crippen LogP contribution is 2.29. The molecule has 9 heteroatoms. The first kappa shape index (κ1) is 21.3. The van der Waals surface area contributed by atoms with Gasteiger partial charge in [0.15, 0.2) is 11.6 Å². The van der Waals surface area contributed by atoms with Crippen LogP contribution in [0.25, 0.3) is 0 Å². The van der Waals surface area contributed by atoms with Crippen molar-refractivity contribution in [3.63, 3.8) is 0 Å². The number of nitrogens with one attached hydrogen (secondary N) is 1. The number of rotatable bonds is 6. The fourth-order valence-electron chi connectivity index (χ4n) is 2.48. The number of amides is 1. The van der Waals surface area contributed by atoms with E-state index in [1.165, 1.54) is 18.2 Å². The molecule has 2 aromatic rings. The maximum atomic E-state index is 13.2. The number of hydrogen-bond acceptors (Lipinski definition) is 3. The van der Waals surface area contributed by atoms with Crippen LogP contribution in [0.2, 0.25) is 0 Å². The van der Waals surface area contributed by atoms with Gasteiger partial charge in [0.05, 0.1) is 19.1 Å². The molecule has 2 aromatic carbocycles. The molecule has 0 unspecified atom stereocenters. The maximum absolute atomic E-state index is 13.2. The van der Waals surface area contributed by atoms with Crippen LogP contribution in [0.15, 0.2) is 42.5 Å². The van der Waals surface area contributed by atoms with Crippen molar-refractivity contribution in [3.8, 4) is 0 Å². The van der Waals surface area contributed by atoms with Crippen LogP contribution in [-0.4, -0.2) is 25.0 Å². The molecule has 0 aliphatic carbocycles. The van der Waals surface area contributed by atoms with E-state index in [9.17, 15) is 31.5 Å². The number of ether oxygens (including phenoxy) is 1. The Bertz CT molecular complexity index is 850. The molecular weight excluding hydrogens is 385 g/mol. The zero-order valence-corrected chi connectivity index (χ0v) is 14.6. The second kappa shape index (κ2) is 8.81. The first-order valence-corrected chi connectivity index (χ1v) is 8.07. The van der Waals surface area contributed by atoms with Crippen molar-refractivity contribution in [2.45, 2.75) is 25.1 Å². The molecule has 0 heterocycles. The Hall–Kier alpha value is -2.97. The smallest absolute Gasteiger partial charge is 0.416 e. The van der Waals surface area contributed by atoms with Crippen LogP contribution in [0.5, 0.6) is 0 Å². The summed E-state index contributed by atoms with van der Waals surface area (Å²) in [5, 5.41) is 2.39. The number of methoxy groups -OCH3 is 1. The molecule has 4 nitrogen and oxygen atoms in total. The number of alkyl halides is 3. The predicted octanol–water partition coefficient (Wildman–Crippen LogP) is 3.43. The molecule has 0 aromatic heterocycles. The van der Waals surface area contributed by atoms with Crippen molar-refractivity contribution in [2.24, 2.45) is 0 Å². The van der Waals surface area contributed by atoms with Gasteiger partial charge in [-0.1, -0.05) is 18.2 Å². The minimum Gasteiger partial charge on any atom is -0.467 e. The van der Waals surface area contributed by atoms with Crippen LogP contribution in [-0.2, 0) is 33.3 Å². The third-order valence-corrected chi connectivity index (χ3v) is 3.89. The van der Waals surface area contributed by atoms with Crippen LogP contribution in [0.1, 0.15) is 16.7 Å². The van der Waals surface area contributed by atoms with Crippen LogP contribution in [0.3, 0.4) is 0 Å². The molecule has 0 aliphatic heterocycles. The zero-order chi connectivity index (χ0) is 20.9. The van der Waals surface area contributed by atoms with E-state index in [-0.39, 0.29) is 18.4 Å². The Morgan fingerprint density at radius 2 is 1.61 bits per heavy atom. The summed E-state index contributed by atoms with van der Waals surface area (Å²) < 4.78 is 68.6. The lowest BCUT2D eigenvalue weighted by Crippen LogP contribution is -2.43. The van der Waals surface area contributed by atoms with Gasteiger partial charge in [-0.15, -0.1) is 0 Å². The summed E-state index contributed by atoms with van der Waals surface area (Å²) in [5.74, 6) is -3.62. The average molecular weight is 401 g/mol. The van der Waals surface area contributed by atoms with Gasteiger partial charge in [0.25, 0.3) is 0 Å². The summed E-state index contributed by atoms with van der Waals surface area (Å²) in [5.41, 5.74) is -0.278. The van der Waals surface area contributed by atoms with Gasteiger partial charge < -0.3 is 10.1 Å². The van der Waals surface area contributed by atoms with Crippen molar-refractivity contribution in [3.05, 3.63) is 70.8 Å². The maximum Gasteiger partial charge on any atom is 0.416 e. The van der Waals surface area contributed by atoms with Crippen LogP contribution in [0.4, 0.5) is 22.0 Å². The topological polar surface area (TPSA) is 55.4 Å². The summed E-state index contributed by atoms with van der Waals surface area (Å²) in [6.07, 6.45) is -4.91. The third-order valence-electron chi connectivity index (χ3n) is 3.89. The molecule has 1 amide bonds. The number of hydrogen-bond donors (Lipinski definition) is 1. The SMILES string of the molecule is COC(=O)[C@H](Cc1ccc(C(F)(F)F)cc1)NC(=O)Cc1ccc(F)c(F)c1. The van der Waals surface area contributed by atoms with Crippen LogP contribution >= 0.6 is 0 Å². The molecule has 0 saturated carbocycles. The minimum absolute atomic E-state index is 0.103. The molecule has 0 saturated heterocycles. The molecule has 2 rings (SSSR count). The summed E-state index contributed by atoms with van der Waals surface area (Å²) in [6.45, 7) is 0. The fourth-order valence-corrected chi connectivity index (χ4v) is 2.48. The summed E-state index contributed by atoms with van der Waals surface area (Å²) >= 11 is 0. The van der Waals surface area contributed by atoms with E-state index in [2.05, 4.69) is 10.1 Å². The van der Waals surface area contributed by atoms with Gasteiger partial charge in [-0.25, -0.2) is 13.6 Å². The second-order valence-electron chi connectivity index (χ2n) is 5.97. The molecule has 150 valence electrons. The number of benzene rings is 2. The number of halogens is 5. The van der Waals surface area contributed by atoms with Crippen molar-refractivity contribution in [1.82, 2.24) is 5.32 Å². The van der Waals surface area contributed by atoms with Crippen molar-refractivity contribution in [2.75, 3.05) is 7.11 Å². The Morgan fingerprint density at radius 3 is 2.14 bits per heavy atom. The van der Waals surface area contributed by atoms with Gasteiger partial charge in [-0.3, -0.25) is 4.79 Å². The number of carbonyl (C=O) groups excluding carboxylic acids is 2. The van der Waals surface area contributed by atoms with Crippen LogP contribution in [0, 0.1) is 11.6 Å². The molecule has 0 bridgehead atoms. The molecule has 0 radical (unpaired) electrons. The van der Waals surface area contributed by atoms with Crippen molar-refractivity contribution in [1.29, 1.82) is 0 Å². The summed E-state index contributed by atoms with van der Waals surface area (Å²) in [6, 6.07) is 5.93. The van der Waals surface area contributed by atoms with E-state index in [4.69, 9.17) is 0 Å². The second-order valence-corrected chi connectivity index (χ2v) is 5.97. The van der Waals surface area contributed by atoms with Gasteiger partial charge in [0.1, 0.15) is 6.04 Å². The fraction of sp³-hybridized carbons (Fsp3) is 0.263. The molecular formula is C19H16F5NO3. The predicted molar refractivity (Wildman–Crippen MR) is 89.2 cm³/mol. The molecule has 0 fully saturated rings. The lowest BCUT2D eigenvalue weighted by atomic mass is 10.0. The molecule has 1 atom stereocenters. The van der Waals surface area contributed by atoms with E-state index in [1.807, 2.05) is 0 Å². The van der Waals surface area contributed by atoms with E-state index >= 15 is 0 Å². The summed E-state index contributed by atoms with van der Waals surface area (Å²) in [7, 11) is 1.10. The highest BCUT2D eigenvalue weighted by molar-refractivity contribution is 5.85. The van der Waals surface area contributed by atoms with Crippen LogP contribution < -0.4 is 5.32 Å². The highest BCUT2D eigenvalue weighted by Gasteiger charge is 2.30. The number of carbonyl (C=O) groups is 2. The van der Waals surface area contributed by atoms with Gasteiger partial charge in [-0.05, 0) is 35.4 Å². The van der Waals surface area contributed by atoms with E-state index < -0.39 is 41.3 Å². The standard InChI is InChI=1S/C19H16F5NO3/c1-28-18(27)16(9-11-2-5-13(6-3-11)19(22,23)24)25-17(26)10-12-4-7-14(20)15(21)8-12/h2-8,16H,9-10H2,1H3,(H,25,26)/t16-/m0/s1. The Morgan fingerprint density at radius 1 is 1.00 bits per heavy atom. The lowest BCUT2D eigenvalue weighted by Gasteiger charge is -2.17. The average Bonchev–Trinajstić information content (AvgIpc) is 2.63. The Balaban J connectivity index is 2.07. The normalized spacial score (nSPS) is 12.4. The molecule has 1 N–H and O–H groups in total. The van der Waals surface area contributed by atoms with Gasteiger partial charge >= 0.3 is 12.1 Å². The highest BCUT2D eigenvalue weighted by atomic mass is 19.4. The van der Waals surface area contributed by atoms with E-state index in [0.29, 0.717) is 5.56 Å². The third kappa shape index (κ3) is 5.77. The monoisotopic (exact) mass is 401 g/mol. The van der Waals surface area contributed by atoms with Gasteiger partial charge in [-0.2, -0.15) is 13.2 Å². The van der Waals surface area contributed by atoms with E-state index in [0.717, 1.165) is 31.4 Å². The zero-order valence-electron chi connectivity index (χ0n) is 14.6. The lowest BCUT2D eigenvalue weighted by molar-refractivity contribution is -0.145. The van der Waals surface area contributed by atoms with Gasteiger partial charge in [0.2, 0.25) is 5.91 Å². The summed E-state index contributed by atoms with van der Waals surface area (Å²) in [4.78, 5) is 24.0. The quantitative estimate of drug-likeness (QED) is 0.596. The first-order chi connectivity index (χ1) is 13.1. The Kier molecular flexibility index (Phi) is 6.71. The van der Waals surface area contributed by atoms with Crippen molar-refractivity contribution >= 4 is 11.9 Å². The molecule has 28 heavy (non-hydrogen) atoms. The number of esters is 1. The van der Waals surface area contributed by atoms with E-state index in [1.54, 1.807) is 0 Å². The minimum atomic E-state index is -4.49. The van der Waals surface area contributed by atoms with Crippen molar-refractivity contribution < 1.29 is 36.3 Å². The van der Waals surface area contributed by atoms with Gasteiger partial charge in [0, 0.05) is 6.42 Å². The Labute approximate surface area is 157 Å². The first-order valence-electron chi connectivity index (χ1n) is 8.07.